The van der Waals surface area contributed by atoms with Crippen molar-refractivity contribution >= 4 is 22.6 Å². The standard InChI is InChI=1S/C20H17NO4/c1-13-10-15-4-2-3-5-17(15)21(13)19(22)12-24-16-8-6-14-7-9-20(23)25-18(14)11-16/h2-9,11,13H,10,12H2,1H3/t13-/m1/s1. The van der Waals surface area contributed by atoms with Gasteiger partial charge < -0.3 is 14.1 Å². The number of amides is 1. The molecule has 1 amide bonds. The van der Waals surface area contributed by atoms with Gasteiger partial charge in [0.15, 0.2) is 6.61 Å². The van der Waals surface area contributed by atoms with Crippen molar-refractivity contribution in [1.29, 1.82) is 0 Å². The molecule has 0 saturated heterocycles. The van der Waals surface area contributed by atoms with E-state index in [1.165, 1.54) is 11.6 Å². The van der Waals surface area contributed by atoms with Crippen LogP contribution >= 0.6 is 0 Å². The van der Waals surface area contributed by atoms with Gasteiger partial charge in [-0.2, -0.15) is 0 Å². The summed E-state index contributed by atoms with van der Waals surface area (Å²) in [6, 6.07) is 16.3. The van der Waals surface area contributed by atoms with Crippen molar-refractivity contribution in [3.05, 3.63) is 70.6 Å². The Bertz CT molecular complexity index is 1010. The molecule has 0 unspecified atom stereocenters. The summed E-state index contributed by atoms with van der Waals surface area (Å²) >= 11 is 0. The van der Waals surface area contributed by atoms with Crippen LogP contribution < -0.4 is 15.3 Å². The van der Waals surface area contributed by atoms with Gasteiger partial charge in [0.1, 0.15) is 11.3 Å². The molecule has 1 aliphatic heterocycles. The minimum absolute atomic E-state index is 0.0682. The highest BCUT2D eigenvalue weighted by Crippen LogP contribution is 2.32. The van der Waals surface area contributed by atoms with Crippen molar-refractivity contribution in [3.63, 3.8) is 0 Å². The van der Waals surface area contributed by atoms with Crippen molar-refractivity contribution in [3.8, 4) is 5.75 Å². The zero-order valence-electron chi connectivity index (χ0n) is 13.8. The molecule has 0 N–H and O–H groups in total. The molecule has 5 heteroatoms. The molecular formula is C20H17NO4. The fraction of sp³-hybridized carbons (Fsp3) is 0.200. The molecule has 126 valence electrons. The van der Waals surface area contributed by atoms with E-state index in [0.717, 1.165) is 17.5 Å². The quantitative estimate of drug-likeness (QED) is 0.690. The Labute approximate surface area is 144 Å². The molecule has 2 heterocycles. The number of para-hydroxylation sites is 1. The molecule has 0 spiro atoms. The number of fused-ring (bicyclic) bond motifs is 2. The molecule has 1 aromatic heterocycles. The van der Waals surface area contributed by atoms with Crippen molar-refractivity contribution in [2.45, 2.75) is 19.4 Å². The minimum atomic E-state index is -0.414. The first-order valence-corrected chi connectivity index (χ1v) is 8.18. The van der Waals surface area contributed by atoms with E-state index in [4.69, 9.17) is 9.15 Å². The van der Waals surface area contributed by atoms with Gasteiger partial charge in [-0.1, -0.05) is 18.2 Å². The maximum Gasteiger partial charge on any atom is 0.336 e. The van der Waals surface area contributed by atoms with Gasteiger partial charge in [-0.25, -0.2) is 4.79 Å². The Balaban J connectivity index is 1.51. The highest BCUT2D eigenvalue weighted by Gasteiger charge is 2.30. The second-order valence-electron chi connectivity index (χ2n) is 6.19. The Morgan fingerprint density at radius 2 is 2.00 bits per heavy atom. The molecular weight excluding hydrogens is 318 g/mol. The molecule has 0 radical (unpaired) electrons. The number of rotatable bonds is 3. The number of nitrogens with zero attached hydrogens (tertiary/aromatic N) is 1. The van der Waals surface area contributed by atoms with Crippen molar-refractivity contribution < 1.29 is 13.9 Å². The van der Waals surface area contributed by atoms with Gasteiger partial charge >= 0.3 is 5.63 Å². The Morgan fingerprint density at radius 1 is 1.20 bits per heavy atom. The van der Waals surface area contributed by atoms with Crippen LogP contribution in [0.5, 0.6) is 5.75 Å². The SMILES string of the molecule is C[C@@H]1Cc2ccccc2N1C(=O)COc1ccc2ccc(=O)oc2c1. The number of hydrogen-bond acceptors (Lipinski definition) is 4. The molecule has 5 nitrogen and oxygen atoms in total. The summed E-state index contributed by atoms with van der Waals surface area (Å²) in [6.45, 7) is 1.96. The van der Waals surface area contributed by atoms with Crippen LogP contribution in [0.15, 0.2) is 63.8 Å². The number of anilines is 1. The van der Waals surface area contributed by atoms with Crippen LogP contribution in [0, 0.1) is 0 Å². The van der Waals surface area contributed by atoms with Crippen LogP contribution in [0.3, 0.4) is 0 Å². The Kier molecular flexibility index (Phi) is 3.76. The predicted octanol–water partition coefficient (Wildman–Crippen LogP) is 3.15. The summed E-state index contributed by atoms with van der Waals surface area (Å²) in [7, 11) is 0. The molecule has 0 saturated carbocycles. The van der Waals surface area contributed by atoms with E-state index in [2.05, 4.69) is 0 Å². The molecule has 3 aromatic rings. The average Bonchev–Trinajstić information content (AvgIpc) is 2.95. The van der Waals surface area contributed by atoms with Gasteiger partial charge in [-0.15, -0.1) is 0 Å². The smallest absolute Gasteiger partial charge is 0.336 e. The fourth-order valence-corrected chi connectivity index (χ4v) is 3.29. The molecule has 1 aliphatic rings. The second kappa shape index (κ2) is 6.09. The lowest BCUT2D eigenvalue weighted by Gasteiger charge is -2.22. The Morgan fingerprint density at radius 3 is 2.88 bits per heavy atom. The molecule has 1 atom stereocenters. The van der Waals surface area contributed by atoms with Gasteiger partial charge in [0.25, 0.3) is 5.91 Å². The van der Waals surface area contributed by atoms with Gasteiger partial charge in [0, 0.05) is 29.2 Å². The predicted molar refractivity (Wildman–Crippen MR) is 95.1 cm³/mol. The molecule has 25 heavy (non-hydrogen) atoms. The molecule has 2 aromatic carbocycles. The molecule has 0 fully saturated rings. The van der Waals surface area contributed by atoms with E-state index >= 15 is 0 Å². The lowest BCUT2D eigenvalue weighted by atomic mass is 10.1. The second-order valence-corrected chi connectivity index (χ2v) is 6.19. The van der Waals surface area contributed by atoms with Crippen LogP contribution in [0.1, 0.15) is 12.5 Å². The van der Waals surface area contributed by atoms with E-state index in [1.807, 2.05) is 31.2 Å². The van der Waals surface area contributed by atoms with E-state index in [9.17, 15) is 9.59 Å². The van der Waals surface area contributed by atoms with Crippen LogP contribution in [0.2, 0.25) is 0 Å². The molecule has 0 bridgehead atoms. The van der Waals surface area contributed by atoms with Crippen LogP contribution in [-0.2, 0) is 11.2 Å². The third-order valence-corrected chi connectivity index (χ3v) is 4.43. The number of ether oxygens (including phenoxy) is 1. The number of carbonyl (C=O) groups excluding carboxylic acids is 1. The maximum absolute atomic E-state index is 12.6. The monoisotopic (exact) mass is 335 g/mol. The first-order valence-electron chi connectivity index (χ1n) is 8.18. The summed E-state index contributed by atoms with van der Waals surface area (Å²) in [5, 5.41) is 0.806. The lowest BCUT2D eigenvalue weighted by molar-refractivity contribution is -0.120. The van der Waals surface area contributed by atoms with E-state index in [-0.39, 0.29) is 18.6 Å². The van der Waals surface area contributed by atoms with Gasteiger partial charge in [-0.3, -0.25) is 4.79 Å². The number of hydrogen-bond donors (Lipinski definition) is 0. The summed E-state index contributed by atoms with van der Waals surface area (Å²) in [5.41, 5.74) is 2.16. The van der Waals surface area contributed by atoms with Gasteiger partial charge in [0.05, 0.1) is 0 Å². The van der Waals surface area contributed by atoms with Crippen molar-refractivity contribution in [1.82, 2.24) is 0 Å². The van der Waals surface area contributed by atoms with E-state index < -0.39 is 5.63 Å². The van der Waals surface area contributed by atoms with E-state index in [1.54, 1.807) is 29.2 Å². The summed E-state index contributed by atoms with van der Waals surface area (Å²) in [6.07, 6.45) is 0.850. The fourth-order valence-electron chi connectivity index (χ4n) is 3.29. The van der Waals surface area contributed by atoms with Crippen LogP contribution in [0.25, 0.3) is 11.0 Å². The summed E-state index contributed by atoms with van der Waals surface area (Å²) in [4.78, 5) is 25.7. The molecule has 0 aliphatic carbocycles. The van der Waals surface area contributed by atoms with Crippen LogP contribution in [-0.4, -0.2) is 18.6 Å². The average molecular weight is 335 g/mol. The number of carbonyl (C=O) groups is 1. The first kappa shape index (κ1) is 15.4. The first-order chi connectivity index (χ1) is 12.1. The topological polar surface area (TPSA) is 59.8 Å². The Hall–Kier alpha value is -3.08. The van der Waals surface area contributed by atoms with Gasteiger partial charge in [-0.05, 0) is 43.2 Å². The largest absolute Gasteiger partial charge is 0.484 e. The zero-order chi connectivity index (χ0) is 17.4. The summed E-state index contributed by atoms with van der Waals surface area (Å²) in [5.74, 6) is 0.405. The van der Waals surface area contributed by atoms with E-state index in [0.29, 0.717) is 11.3 Å². The third kappa shape index (κ3) is 2.89. The highest BCUT2D eigenvalue weighted by molar-refractivity contribution is 5.97. The maximum atomic E-state index is 12.6. The van der Waals surface area contributed by atoms with Crippen LogP contribution in [0.4, 0.5) is 5.69 Å². The third-order valence-electron chi connectivity index (χ3n) is 4.43. The van der Waals surface area contributed by atoms with Crippen molar-refractivity contribution in [2.75, 3.05) is 11.5 Å². The lowest BCUT2D eigenvalue weighted by Crippen LogP contribution is -2.39. The molecule has 4 rings (SSSR count). The minimum Gasteiger partial charge on any atom is -0.484 e. The number of benzene rings is 2. The zero-order valence-corrected chi connectivity index (χ0v) is 13.8. The normalized spacial score (nSPS) is 16.0. The van der Waals surface area contributed by atoms with Gasteiger partial charge in [0.2, 0.25) is 0 Å². The highest BCUT2D eigenvalue weighted by atomic mass is 16.5. The summed E-state index contributed by atoms with van der Waals surface area (Å²) < 4.78 is 10.8. The van der Waals surface area contributed by atoms with Crippen molar-refractivity contribution in [2.24, 2.45) is 0 Å².